The third-order valence-corrected chi connectivity index (χ3v) is 4.93. The molecule has 2 aromatic rings. The van der Waals surface area contributed by atoms with Crippen molar-refractivity contribution in [2.24, 2.45) is 0 Å². The molecular formula is C20H25ClN2O3. The molecule has 0 aromatic heterocycles. The summed E-state index contributed by atoms with van der Waals surface area (Å²) in [5.41, 5.74) is 1.18. The van der Waals surface area contributed by atoms with E-state index in [0.29, 0.717) is 18.3 Å². The molecule has 1 aliphatic heterocycles. The summed E-state index contributed by atoms with van der Waals surface area (Å²) < 4.78 is 5.59. The Kier molecular flexibility index (Phi) is 6.25. The second-order valence-corrected chi connectivity index (χ2v) is 7.16. The minimum atomic E-state index is -0.562. The maximum absolute atomic E-state index is 10.3. The van der Waals surface area contributed by atoms with Crippen LogP contribution in [0.2, 0.25) is 5.02 Å². The molecule has 1 saturated heterocycles. The molecule has 26 heavy (non-hydrogen) atoms. The van der Waals surface area contributed by atoms with Crippen LogP contribution in [0.3, 0.4) is 0 Å². The molecule has 0 aliphatic carbocycles. The molecule has 2 N–H and O–H groups in total. The highest BCUT2D eigenvalue weighted by atomic mass is 35.5. The van der Waals surface area contributed by atoms with Gasteiger partial charge in [-0.25, -0.2) is 0 Å². The maximum atomic E-state index is 10.3. The number of piperazine rings is 1. The highest BCUT2D eigenvalue weighted by Gasteiger charge is 2.25. The number of hydrogen-bond acceptors (Lipinski definition) is 5. The second kappa shape index (κ2) is 8.62. The van der Waals surface area contributed by atoms with Gasteiger partial charge in [0.1, 0.15) is 24.2 Å². The van der Waals surface area contributed by atoms with E-state index in [1.165, 1.54) is 5.69 Å². The Bertz CT molecular complexity index is 693. The van der Waals surface area contributed by atoms with Gasteiger partial charge in [-0.15, -0.1) is 0 Å². The number of benzene rings is 2. The molecule has 3 rings (SSSR count). The number of rotatable bonds is 6. The number of aliphatic hydroxyl groups is 1. The number of hydrogen-bond donors (Lipinski definition) is 2. The summed E-state index contributed by atoms with van der Waals surface area (Å²) in [6.45, 7) is 5.70. The molecule has 1 aliphatic rings. The normalized spacial score (nSPS) is 19.3. The summed E-state index contributed by atoms with van der Waals surface area (Å²) >= 11 is 5.96. The lowest BCUT2D eigenvalue weighted by Gasteiger charge is -2.41. The van der Waals surface area contributed by atoms with E-state index >= 15 is 0 Å². The minimum Gasteiger partial charge on any atom is -0.508 e. The number of aromatic hydroxyl groups is 1. The van der Waals surface area contributed by atoms with Gasteiger partial charge in [0.2, 0.25) is 0 Å². The summed E-state index contributed by atoms with van der Waals surface area (Å²) in [6.07, 6.45) is -0.562. The average Bonchev–Trinajstić information content (AvgIpc) is 2.63. The second-order valence-electron chi connectivity index (χ2n) is 6.73. The van der Waals surface area contributed by atoms with Crippen molar-refractivity contribution in [2.75, 3.05) is 37.7 Å². The van der Waals surface area contributed by atoms with E-state index in [1.54, 1.807) is 24.3 Å². The zero-order chi connectivity index (χ0) is 18.5. The molecule has 0 bridgehead atoms. The molecule has 0 radical (unpaired) electrons. The molecular weight excluding hydrogens is 352 g/mol. The van der Waals surface area contributed by atoms with Gasteiger partial charge in [-0.1, -0.05) is 11.6 Å². The van der Waals surface area contributed by atoms with Gasteiger partial charge in [0.25, 0.3) is 0 Å². The third-order valence-electron chi connectivity index (χ3n) is 4.68. The molecule has 140 valence electrons. The molecule has 5 nitrogen and oxygen atoms in total. The van der Waals surface area contributed by atoms with Crippen molar-refractivity contribution < 1.29 is 14.9 Å². The van der Waals surface area contributed by atoms with Crippen LogP contribution < -0.4 is 9.64 Å². The van der Waals surface area contributed by atoms with Gasteiger partial charge in [0, 0.05) is 42.9 Å². The summed E-state index contributed by atoms with van der Waals surface area (Å²) in [5.74, 6) is 0.840. The topological polar surface area (TPSA) is 56.2 Å². The zero-order valence-corrected chi connectivity index (χ0v) is 15.6. The highest BCUT2D eigenvalue weighted by molar-refractivity contribution is 6.30. The first-order valence-electron chi connectivity index (χ1n) is 8.86. The quantitative estimate of drug-likeness (QED) is 0.811. The average molecular weight is 377 g/mol. The molecule has 1 heterocycles. The first-order valence-corrected chi connectivity index (χ1v) is 9.23. The maximum Gasteiger partial charge on any atom is 0.119 e. The van der Waals surface area contributed by atoms with Crippen molar-refractivity contribution in [3.05, 3.63) is 53.6 Å². The van der Waals surface area contributed by atoms with Crippen LogP contribution in [0.5, 0.6) is 11.5 Å². The summed E-state index contributed by atoms with van der Waals surface area (Å²) in [6, 6.07) is 14.8. The summed E-state index contributed by atoms with van der Waals surface area (Å²) in [5, 5.41) is 20.3. The molecule has 0 saturated carbocycles. The molecule has 1 fully saturated rings. The highest BCUT2D eigenvalue weighted by Crippen LogP contribution is 2.22. The van der Waals surface area contributed by atoms with Gasteiger partial charge in [-0.3, -0.25) is 4.90 Å². The minimum absolute atomic E-state index is 0.199. The number of anilines is 1. The molecule has 0 unspecified atom stereocenters. The standard InChI is InChI=1S/C20H25ClN2O3/c1-15-12-23(17-4-2-16(21)3-5-17)11-10-22(15)13-19(25)14-26-20-8-6-18(24)7-9-20/h2-9,15,19,24-25H,10-14H2,1H3/t15-,19-/m0/s1. The first-order chi connectivity index (χ1) is 12.5. The van der Waals surface area contributed by atoms with Gasteiger partial charge in [-0.2, -0.15) is 0 Å². The van der Waals surface area contributed by atoms with Crippen LogP contribution in [-0.2, 0) is 0 Å². The van der Waals surface area contributed by atoms with Crippen LogP contribution in [0.15, 0.2) is 48.5 Å². The van der Waals surface area contributed by atoms with E-state index in [9.17, 15) is 10.2 Å². The van der Waals surface area contributed by atoms with Crippen molar-refractivity contribution in [1.82, 2.24) is 4.90 Å². The number of phenolic OH excluding ortho intramolecular Hbond substituents is 1. The Morgan fingerprint density at radius 2 is 1.81 bits per heavy atom. The Labute approximate surface area is 159 Å². The Balaban J connectivity index is 1.46. The Morgan fingerprint density at radius 3 is 2.46 bits per heavy atom. The monoisotopic (exact) mass is 376 g/mol. The lowest BCUT2D eigenvalue weighted by atomic mass is 10.1. The van der Waals surface area contributed by atoms with Gasteiger partial charge in [0.15, 0.2) is 0 Å². The summed E-state index contributed by atoms with van der Waals surface area (Å²) in [7, 11) is 0. The third kappa shape index (κ3) is 5.04. The smallest absolute Gasteiger partial charge is 0.119 e. The van der Waals surface area contributed by atoms with Gasteiger partial charge in [-0.05, 0) is 55.5 Å². The van der Waals surface area contributed by atoms with Crippen LogP contribution in [0.25, 0.3) is 0 Å². The number of nitrogens with zero attached hydrogens (tertiary/aromatic N) is 2. The van der Waals surface area contributed by atoms with E-state index in [-0.39, 0.29) is 12.4 Å². The fourth-order valence-electron chi connectivity index (χ4n) is 3.21. The fraction of sp³-hybridized carbons (Fsp3) is 0.400. The van der Waals surface area contributed by atoms with Crippen molar-refractivity contribution >= 4 is 17.3 Å². The van der Waals surface area contributed by atoms with Crippen molar-refractivity contribution in [2.45, 2.75) is 19.1 Å². The van der Waals surface area contributed by atoms with Crippen LogP contribution in [-0.4, -0.2) is 60.0 Å². The van der Waals surface area contributed by atoms with Crippen LogP contribution >= 0.6 is 11.6 Å². The predicted molar refractivity (Wildman–Crippen MR) is 104 cm³/mol. The van der Waals surface area contributed by atoms with Crippen molar-refractivity contribution in [3.63, 3.8) is 0 Å². The molecule has 6 heteroatoms. The largest absolute Gasteiger partial charge is 0.508 e. The molecule has 2 atom stereocenters. The Hall–Kier alpha value is -1.95. The van der Waals surface area contributed by atoms with E-state index in [1.807, 2.05) is 24.3 Å². The number of ether oxygens (including phenoxy) is 1. The van der Waals surface area contributed by atoms with Crippen molar-refractivity contribution in [3.8, 4) is 11.5 Å². The lowest BCUT2D eigenvalue weighted by molar-refractivity contribution is 0.0512. The number of phenols is 1. The van der Waals surface area contributed by atoms with E-state index < -0.39 is 6.10 Å². The SMILES string of the molecule is C[C@H]1CN(c2ccc(Cl)cc2)CCN1C[C@H](O)COc1ccc(O)cc1. The Morgan fingerprint density at radius 1 is 1.12 bits per heavy atom. The predicted octanol–water partition coefficient (Wildman–Crippen LogP) is 3.00. The zero-order valence-electron chi connectivity index (χ0n) is 14.9. The van der Waals surface area contributed by atoms with E-state index in [0.717, 1.165) is 24.7 Å². The molecule has 2 aromatic carbocycles. The van der Waals surface area contributed by atoms with Crippen molar-refractivity contribution in [1.29, 1.82) is 0 Å². The van der Waals surface area contributed by atoms with Gasteiger partial charge >= 0.3 is 0 Å². The van der Waals surface area contributed by atoms with Gasteiger partial charge < -0.3 is 19.8 Å². The molecule has 0 spiro atoms. The van der Waals surface area contributed by atoms with Crippen LogP contribution in [0.4, 0.5) is 5.69 Å². The summed E-state index contributed by atoms with van der Waals surface area (Å²) in [4.78, 5) is 4.63. The first kappa shape index (κ1) is 18.8. The number of halogens is 1. The van der Waals surface area contributed by atoms with E-state index in [2.05, 4.69) is 16.7 Å². The lowest BCUT2D eigenvalue weighted by Crippen LogP contribution is -2.54. The van der Waals surface area contributed by atoms with E-state index in [4.69, 9.17) is 16.3 Å². The van der Waals surface area contributed by atoms with Crippen LogP contribution in [0.1, 0.15) is 6.92 Å². The van der Waals surface area contributed by atoms with Gasteiger partial charge in [0.05, 0.1) is 0 Å². The fourth-order valence-corrected chi connectivity index (χ4v) is 3.34. The number of aliphatic hydroxyl groups excluding tert-OH is 1. The number of β-amino-alcohol motifs (C(OH)–C–C–N with tert-alkyl or cyclic N) is 1. The molecule has 0 amide bonds. The van der Waals surface area contributed by atoms with Crippen LogP contribution in [0, 0.1) is 0 Å².